The van der Waals surface area contributed by atoms with Crippen molar-refractivity contribution in [2.75, 3.05) is 0 Å². The van der Waals surface area contributed by atoms with Crippen LogP contribution < -0.4 is 9.88 Å². The van der Waals surface area contributed by atoms with E-state index in [2.05, 4.69) is 5.32 Å². The zero-order valence-electron chi connectivity index (χ0n) is 11.4. The van der Waals surface area contributed by atoms with Crippen LogP contribution >= 0.6 is 0 Å². The fraction of sp³-hybridized carbons (Fsp3) is 0.250. The molecule has 0 saturated heterocycles. The minimum Gasteiger partial charge on any atom is -0.347 e. The molecule has 3 heteroatoms. The van der Waals surface area contributed by atoms with Crippen LogP contribution in [0.1, 0.15) is 16.8 Å². The van der Waals surface area contributed by atoms with E-state index < -0.39 is 0 Å². The second-order valence-electron chi connectivity index (χ2n) is 4.67. The van der Waals surface area contributed by atoms with Crippen LogP contribution in [0.5, 0.6) is 0 Å². The molecule has 0 fully saturated rings. The molecule has 0 aliphatic rings. The minimum absolute atomic E-state index is 0.0301. The second-order valence-corrected chi connectivity index (χ2v) is 4.67. The summed E-state index contributed by atoms with van der Waals surface area (Å²) in [5.41, 5.74) is 3.43. The third kappa shape index (κ3) is 3.65. The molecule has 2 aromatic rings. The molecular weight excluding hydrogens is 236 g/mol. The molecule has 19 heavy (non-hydrogen) atoms. The Labute approximate surface area is 113 Å². The minimum atomic E-state index is 0.0301. The summed E-state index contributed by atoms with van der Waals surface area (Å²) in [5.74, 6) is 0.0301. The van der Waals surface area contributed by atoms with E-state index in [-0.39, 0.29) is 5.91 Å². The van der Waals surface area contributed by atoms with E-state index in [0.717, 1.165) is 11.3 Å². The SMILES string of the molecule is Cc1ccc[n+](CC(=O)NCc2ccccc2)c1C. The van der Waals surface area contributed by atoms with Gasteiger partial charge in [0.2, 0.25) is 6.54 Å². The number of rotatable bonds is 4. The van der Waals surface area contributed by atoms with Crippen molar-refractivity contribution in [1.29, 1.82) is 0 Å². The van der Waals surface area contributed by atoms with E-state index in [1.165, 1.54) is 5.56 Å². The molecule has 0 aliphatic carbocycles. The molecule has 0 radical (unpaired) electrons. The van der Waals surface area contributed by atoms with Crippen LogP contribution in [-0.4, -0.2) is 5.91 Å². The molecule has 1 aromatic carbocycles. The molecule has 1 aromatic heterocycles. The van der Waals surface area contributed by atoms with Crippen molar-refractivity contribution in [2.24, 2.45) is 0 Å². The molecule has 2 rings (SSSR count). The van der Waals surface area contributed by atoms with Crippen LogP contribution in [0.15, 0.2) is 48.7 Å². The van der Waals surface area contributed by atoms with Gasteiger partial charge in [-0.25, -0.2) is 0 Å². The highest BCUT2D eigenvalue weighted by Crippen LogP contribution is 1.99. The summed E-state index contributed by atoms with van der Waals surface area (Å²) in [6.45, 7) is 5.01. The number of hydrogen-bond donors (Lipinski definition) is 1. The Morgan fingerprint density at radius 3 is 2.58 bits per heavy atom. The van der Waals surface area contributed by atoms with Crippen molar-refractivity contribution >= 4 is 5.91 Å². The summed E-state index contributed by atoms with van der Waals surface area (Å²) in [6, 6.07) is 13.9. The van der Waals surface area contributed by atoms with Crippen molar-refractivity contribution in [3.8, 4) is 0 Å². The Kier molecular flexibility index (Phi) is 4.29. The first kappa shape index (κ1) is 13.3. The molecule has 0 saturated carbocycles. The first-order chi connectivity index (χ1) is 9.16. The van der Waals surface area contributed by atoms with Gasteiger partial charge in [-0.05, 0) is 18.6 Å². The van der Waals surface area contributed by atoms with Crippen molar-refractivity contribution < 1.29 is 9.36 Å². The Morgan fingerprint density at radius 2 is 1.84 bits per heavy atom. The van der Waals surface area contributed by atoms with E-state index in [4.69, 9.17) is 0 Å². The van der Waals surface area contributed by atoms with Crippen LogP contribution in [0.4, 0.5) is 0 Å². The van der Waals surface area contributed by atoms with E-state index in [9.17, 15) is 4.79 Å². The largest absolute Gasteiger partial charge is 0.347 e. The number of carbonyl (C=O) groups excluding carboxylic acids is 1. The van der Waals surface area contributed by atoms with Crippen molar-refractivity contribution in [3.05, 3.63) is 65.5 Å². The Morgan fingerprint density at radius 1 is 1.11 bits per heavy atom. The van der Waals surface area contributed by atoms with Gasteiger partial charge >= 0.3 is 0 Å². The molecule has 0 aliphatic heterocycles. The van der Waals surface area contributed by atoms with Crippen molar-refractivity contribution in [1.82, 2.24) is 5.32 Å². The third-order valence-corrected chi connectivity index (χ3v) is 3.26. The van der Waals surface area contributed by atoms with Gasteiger partial charge in [0.15, 0.2) is 11.9 Å². The van der Waals surface area contributed by atoms with Crippen LogP contribution in [0.3, 0.4) is 0 Å². The maximum atomic E-state index is 11.9. The van der Waals surface area contributed by atoms with Gasteiger partial charge in [0.1, 0.15) is 0 Å². The van der Waals surface area contributed by atoms with Crippen LogP contribution in [-0.2, 0) is 17.9 Å². The number of nitrogens with one attached hydrogen (secondary N) is 1. The number of nitrogens with zero attached hydrogens (tertiary/aromatic N) is 1. The zero-order chi connectivity index (χ0) is 13.7. The molecular formula is C16H19N2O+. The van der Waals surface area contributed by atoms with Crippen LogP contribution in [0.2, 0.25) is 0 Å². The average Bonchev–Trinajstić information content (AvgIpc) is 2.43. The number of aryl methyl sites for hydroxylation is 1. The summed E-state index contributed by atoms with van der Waals surface area (Å²) in [6.07, 6.45) is 1.93. The lowest BCUT2D eigenvalue weighted by Crippen LogP contribution is -2.45. The lowest BCUT2D eigenvalue weighted by Gasteiger charge is -2.05. The van der Waals surface area contributed by atoms with Gasteiger partial charge < -0.3 is 5.32 Å². The Bertz CT molecular complexity index is 564. The lowest BCUT2D eigenvalue weighted by atomic mass is 10.2. The van der Waals surface area contributed by atoms with Gasteiger partial charge in [-0.1, -0.05) is 30.3 Å². The molecule has 1 heterocycles. The summed E-state index contributed by atoms with van der Waals surface area (Å²) in [4.78, 5) is 11.9. The highest BCUT2D eigenvalue weighted by Gasteiger charge is 2.13. The summed E-state index contributed by atoms with van der Waals surface area (Å²) in [7, 11) is 0. The molecule has 0 spiro atoms. The maximum absolute atomic E-state index is 11.9. The number of hydrogen-bond acceptors (Lipinski definition) is 1. The molecule has 1 N–H and O–H groups in total. The van der Waals surface area contributed by atoms with E-state index >= 15 is 0 Å². The van der Waals surface area contributed by atoms with Crippen molar-refractivity contribution in [2.45, 2.75) is 26.9 Å². The predicted molar refractivity (Wildman–Crippen MR) is 74.4 cm³/mol. The lowest BCUT2D eigenvalue weighted by molar-refractivity contribution is -0.690. The van der Waals surface area contributed by atoms with Crippen LogP contribution in [0.25, 0.3) is 0 Å². The van der Waals surface area contributed by atoms with Gasteiger partial charge in [0.05, 0.1) is 0 Å². The number of amides is 1. The first-order valence-electron chi connectivity index (χ1n) is 6.43. The highest BCUT2D eigenvalue weighted by atomic mass is 16.1. The van der Waals surface area contributed by atoms with Gasteiger partial charge in [-0.3, -0.25) is 4.79 Å². The first-order valence-corrected chi connectivity index (χ1v) is 6.43. The molecule has 98 valence electrons. The monoisotopic (exact) mass is 255 g/mol. The molecule has 0 atom stereocenters. The Balaban J connectivity index is 1.93. The second kappa shape index (κ2) is 6.14. The topological polar surface area (TPSA) is 33.0 Å². The maximum Gasteiger partial charge on any atom is 0.286 e. The van der Waals surface area contributed by atoms with E-state index in [0.29, 0.717) is 13.1 Å². The van der Waals surface area contributed by atoms with Crippen molar-refractivity contribution in [3.63, 3.8) is 0 Å². The fourth-order valence-corrected chi connectivity index (χ4v) is 1.93. The number of carbonyl (C=O) groups is 1. The Hall–Kier alpha value is -2.16. The van der Waals surface area contributed by atoms with Gasteiger partial charge in [0.25, 0.3) is 5.91 Å². The third-order valence-electron chi connectivity index (χ3n) is 3.26. The smallest absolute Gasteiger partial charge is 0.286 e. The molecule has 0 unspecified atom stereocenters. The number of aromatic nitrogens is 1. The summed E-state index contributed by atoms with van der Waals surface area (Å²) < 4.78 is 1.97. The average molecular weight is 255 g/mol. The predicted octanol–water partition coefficient (Wildman–Crippen LogP) is 1.91. The fourth-order valence-electron chi connectivity index (χ4n) is 1.93. The van der Waals surface area contributed by atoms with Crippen LogP contribution in [0, 0.1) is 13.8 Å². The summed E-state index contributed by atoms with van der Waals surface area (Å²) in [5, 5.41) is 2.93. The molecule has 3 nitrogen and oxygen atoms in total. The standard InChI is InChI=1S/C16H18N2O/c1-13-7-6-10-18(14(13)2)12-16(19)17-11-15-8-4-3-5-9-15/h3-10H,11-12H2,1-2H3/p+1. The molecule has 0 bridgehead atoms. The number of pyridine rings is 1. The summed E-state index contributed by atoms with van der Waals surface area (Å²) >= 11 is 0. The highest BCUT2D eigenvalue weighted by molar-refractivity contribution is 5.74. The molecule has 1 amide bonds. The van der Waals surface area contributed by atoms with E-state index in [1.807, 2.05) is 67.1 Å². The van der Waals surface area contributed by atoms with E-state index in [1.54, 1.807) is 0 Å². The quantitative estimate of drug-likeness (QED) is 0.832. The van der Waals surface area contributed by atoms with Gasteiger partial charge in [0, 0.05) is 25.1 Å². The number of benzene rings is 1. The van der Waals surface area contributed by atoms with Gasteiger partial charge in [-0.15, -0.1) is 0 Å². The normalized spacial score (nSPS) is 10.2. The van der Waals surface area contributed by atoms with Gasteiger partial charge in [-0.2, -0.15) is 4.57 Å². The zero-order valence-corrected chi connectivity index (χ0v) is 11.4.